The lowest BCUT2D eigenvalue weighted by Gasteiger charge is -2.34. The van der Waals surface area contributed by atoms with Crippen LogP contribution in [0.3, 0.4) is 0 Å². The lowest BCUT2D eigenvalue weighted by molar-refractivity contribution is 0.00457. The number of alkyl halides is 1. The minimum atomic E-state index is -0.0532. The van der Waals surface area contributed by atoms with Gasteiger partial charge in [0.2, 0.25) is 0 Å². The van der Waals surface area contributed by atoms with E-state index in [1.165, 1.54) is 0 Å². The molecule has 1 saturated heterocycles. The number of pyridine rings is 1. The van der Waals surface area contributed by atoms with Crippen LogP contribution in [0.25, 0.3) is 10.9 Å². The monoisotopic (exact) mass is 290 g/mol. The molecule has 2 heterocycles. The number of halogens is 1. The van der Waals surface area contributed by atoms with Crippen molar-refractivity contribution in [1.82, 2.24) is 9.88 Å². The number of amides is 1. The molecule has 1 fully saturated rings. The zero-order valence-electron chi connectivity index (χ0n) is 11.0. The second kappa shape index (κ2) is 5.77. The van der Waals surface area contributed by atoms with E-state index in [1.807, 2.05) is 30.3 Å². The van der Waals surface area contributed by atoms with Crippen molar-refractivity contribution in [2.75, 3.05) is 25.6 Å². The Morgan fingerprint density at radius 1 is 1.45 bits per heavy atom. The fourth-order valence-electron chi connectivity index (χ4n) is 2.42. The Kier molecular flexibility index (Phi) is 3.85. The zero-order chi connectivity index (χ0) is 13.9. The minimum Gasteiger partial charge on any atom is -0.377 e. The minimum absolute atomic E-state index is 0.00435. The van der Waals surface area contributed by atoms with Gasteiger partial charge in [-0.15, -0.1) is 11.6 Å². The lowest BCUT2D eigenvalue weighted by Crippen LogP contribution is -2.49. The SMILES string of the molecule is O=C(c1ccc2ncccc2c1)N1CCOCC1CCl. The third-order valence-electron chi connectivity index (χ3n) is 3.52. The van der Waals surface area contributed by atoms with Gasteiger partial charge in [-0.05, 0) is 24.3 Å². The molecule has 0 bridgehead atoms. The van der Waals surface area contributed by atoms with E-state index in [4.69, 9.17) is 16.3 Å². The summed E-state index contributed by atoms with van der Waals surface area (Å²) in [6.45, 7) is 1.65. The van der Waals surface area contributed by atoms with Crippen molar-refractivity contribution in [2.45, 2.75) is 6.04 Å². The number of benzene rings is 1. The molecule has 4 nitrogen and oxygen atoms in total. The molecule has 5 heteroatoms. The summed E-state index contributed by atoms with van der Waals surface area (Å²) in [5.41, 5.74) is 1.56. The van der Waals surface area contributed by atoms with Gasteiger partial charge in [0.05, 0.1) is 24.8 Å². The van der Waals surface area contributed by atoms with Crippen molar-refractivity contribution in [3.05, 3.63) is 42.1 Å². The van der Waals surface area contributed by atoms with E-state index in [2.05, 4.69) is 4.98 Å². The number of carbonyl (C=O) groups excluding carboxylic acids is 1. The largest absolute Gasteiger partial charge is 0.377 e. The predicted octanol–water partition coefficient (Wildman–Crippen LogP) is 2.31. The Hall–Kier alpha value is -1.65. The van der Waals surface area contributed by atoms with Crippen molar-refractivity contribution in [3.8, 4) is 0 Å². The smallest absolute Gasteiger partial charge is 0.254 e. The van der Waals surface area contributed by atoms with E-state index in [1.54, 1.807) is 11.1 Å². The van der Waals surface area contributed by atoms with Crippen LogP contribution in [-0.4, -0.2) is 47.5 Å². The van der Waals surface area contributed by atoms with Gasteiger partial charge in [-0.25, -0.2) is 0 Å². The molecule has 1 atom stereocenters. The van der Waals surface area contributed by atoms with Crippen molar-refractivity contribution in [3.63, 3.8) is 0 Å². The van der Waals surface area contributed by atoms with Gasteiger partial charge >= 0.3 is 0 Å². The molecule has 0 spiro atoms. The van der Waals surface area contributed by atoms with Gasteiger partial charge in [0.15, 0.2) is 0 Å². The first-order valence-electron chi connectivity index (χ1n) is 6.59. The highest BCUT2D eigenvalue weighted by molar-refractivity contribution is 6.18. The van der Waals surface area contributed by atoms with Crippen LogP contribution in [0, 0.1) is 0 Å². The molecular formula is C15H15ClN2O2. The van der Waals surface area contributed by atoms with Crippen LogP contribution in [0.4, 0.5) is 0 Å². The Labute approximate surface area is 122 Å². The normalized spacial score (nSPS) is 19.2. The predicted molar refractivity (Wildman–Crippen MR) is 78.1 cm³/mol. The molecule has 1 aromatic heterocycles. The molecule has 1 aliphatic heterocycles. The van der Waals surface area contributed by atoms with Crippen molar-refractivity contribution in [2.24, 2.45) is 0 Å². The zero-order valence-corrected chi connectivity index (χ0v) is 11.7. The van der Waals surface area contributed by atoms with Gasteiger partial charge in [-0.2, -0.15) is 0 Å². The number of fused-ring (bicyclic) bond motifs is 1. The van der Waals surface area contributed by atoms with Crippen molar-refractivity contribution < 1.29 is 9.53 Å². The number of rotatable bonds is 2. The van der Waals surface area contributed by atoms with Gasteiger partial charge in [0, 0.05) is 29.6 Å². The third-order valence-corrected chi connectivity index (χ3v) is 3.87. The Morgan fingerprint density at radius 3 is 3.20 bits per heavy atom. The number of aromatic nitrogens is 1. The second-order valence-corrected chi connectivity index (χ2v) is 5.10. The summed E-state index contributed by atoms with van der Waals surface area (Å²) < 4.78 is 5.37. The molecule has 3 rings (SSSR count). The molecular weight excluding hydrogens is 276 g/mol. The van der Waals surface area contributed by atoms with Crippen LogP contribution < -0.4 is 0 Å². The van der Waals surface area contributed by atoms with E-state index >= 15 is 0 Å². The molecule has 1 amide bonds. The highest BCUT2D eigenvalue weighted by atomic mass is 35.5. The van der Waals surface area contributed by atoms with Crippen LogP contribution in [0.1, 0.15) is 10.4 Å². The molecule has 2 aromatic rings. The summed E-state index contributed by atoms with van der Waals surface area (Å²) in [5.74, 6) is 0.394. The highest BCUT2D eigenvalue weighted by Crippen LogP contribution is 2.18. The van der Waals surface area contributed by atoms with Crippen molar-refractivity contribution in [1.29, 1.82) is 0 Å². The first kappa shape index (κ1) is 13.3. The first-order chi connectivity index (χ1) is 9.79. The van der Waals surface area contributed by atoms with Crippen LogP contribution >= 0.6 is 11.6 Å². The molecule has 0 N–H and O–H groups in total. The molecule has 0 radical (unpaired) electrons. The van der Waals surface area contributed by atoms with E-state index in [0.717, 1.165) is 10.9 Å². The summed E-state index contributed by atoms with van der Waals surface area (Å²) >= 11 is 5.92. The van der Waals surface area contributed by atoms with Gasteiger partial charge < -0.3 is 9.64 Å². The lowest BCUT2D eigenvalue weighted by atomic mass is 10.1. The molecule has 1 unspecified atom stereocenters. The average Bonchev–Trinajstić information content (AvgIpc) is 2.53. The maximum absolute atomic E-state index is 12.6. The highest BCUT2D eigenvalue weighted by Gasteiger charge is 2.27. The van der Waals surface area contributed by atoms with Gasteiger partial charge in [-0.1, -0.05) is 6.07 Å². The number of carbonyl (C=O) groups is 1. The summed E-state index contributed by atoms with van der Waals surface area (Å²) in [7, 11) is 0. The standard InChI is InChI=1S/C15H15ClN2O2/c16-9-13-10-20-7-6-18(13)15(19)12-3-4-14-11(8-12)2-1-5-17-14/h1-5,8,13H,6-7,9-10H2. The Morgan fingerprint density at radius 2 is 2.35 bits per heavy atom. The van der Waals surface area contributed by atoms with Crippen LogP contribution in [0.5, 0.6) is 0 Å². The van der Waals surface area contributed by atoms with Crippen LogP contribution in [-0.2, 0) is 4.74 Å². The summed E-state index contributed by atoms with van der Waals surface area (Å²) in [6.07, 6.45) is 1.75. The summed E-state index contributed by atoms with van der Waals surface area (Å²) in [5, 5.41) is 0.967. The maximum atomic E-state index is 12.6. The average molecular weight is 291 g/mol. The number of hydrogen-bond donors (Lipinski definition) is 0. The van der Waals surface area contributed by atoms with E-state index < -0.39 is 0 Å². The van der Waals surface area contributed by atoms with Crippen LogP contribution in [0.15, 0.2) is 36.5 Å². The first-order valence-corrected chi connectivity index (χ1v) is 7.12. The Balaban J connectivity index is 1.91. The van der Waals surface area contributed by atoms with E-state index in [-0.39, 0.29) is 11.9 Å². The fourth-order valence-corrected chi connectivity index (χ4v) is 2.68. The molecule has 0 saturated carbocycles. The van der Waals surface area contributed by atoms with E-state index in [0.29, 0.717) is 31.2 Å². The number of hydrogen-bond acceptors (Lipinski definition) is 3. The van der Waals surface area contributed by atoms with Crippen molar-refractivity contribution >= 4 is 28.4 Å². The quantitative estimate of drug-likeness (QED) is 0.797. The molecule has 1 aromatic carbocycles. The maximum Gasteiger partial charge on any atom is 0.254 e. The summed E-state index contributed by atoms with van der Waals surface area (Å²) in [4.78, 5) is 18.7. The second-order valence-electron chi connectivity index (χ2n) is 4.79. The van der Waals surface area contributed by atoms with Crippen LogP contribution in [0.2, 0.25) is 0 Å². The van der Waals surface area contributed by atoms with Gasteiger partial charge in [-0.3, -0.25) is 9.78 Å². The molecule has 1 aliphatic rings. The van der Waals surface area contributed by atoms with Gasteiger partial charge in [0.25, 0.3) is 5.91 Å². The molecule has 104 valence electrons. The molecule has 20 heavy (non-hydrogen) atoms. The topological polar surface area (TPSA) is 42.4 Å². The number of nitrogens with zero attached hydrogens (tertiary/aromatic N) is 2. The summed E-state index contributed by atoms with van der Waals surface area (Å²) in [6, 6.07) is 9.34. The van der Waals surface area contributed by atoms with E-state index in [9.17, 15) is 4.79 Å². The fraction of sp³-hybridized carbons (Fsp3) is 0.333. The molecule has 0 aliphatic carbocycles. The van der Waals surface area contributed by atoms with Gasteiger partial charge in [0.1, 0.15) is 0 Å². The number of morpholine rings is 1. The Bertz CT molecular complexity index is 632. The number of ether oxygens (including phenoxy) is 1. The third kappa shape index (κ3) is 2.49.